The maximum atomic E-state index is 4.54. The lowest BCUT2D eigenvalue weighted by molar-refractivity contribution is 0.548. The van der Waals surface area contributed by atoms with Gasteiger partial charge in [0.05, 0.1) is 57.2 Å². The van der Waals surface area contributed by atoms with E-state index in [2.05, 4.69) is 404 Å². The van der Waals surface area contributed by atoms with Crippen molar-refractivity contribution in [2.45, 2.75) is 236 Å². The Kier molecular flexibility index (Phi) is 30.8. The summed E-state index contributed by atoms with van der Waals surface area (Å²) in [5.41, 5.74) is 14.7. The predicted octanol–water partition coefficient (Wildman–Crippen LogP) is 29.4. The first-order valence-electron chi connectivity index (χ1n) is 43.8. The van der Waals surface area contributed by atoms with Crippen LogP contribution < -0.4 is 0 Å². The zero-order valence-electron chi connectivity index (χ0n) is 79.7. The molecular formula is C113H131N13. The number of fused-ring (bicyclic) bond motifs is 9. The number of hydrogen-bond acceptors (Lipinski definition) is 13. The Morgan fingerprint density at radius 2 is 0.611 bits per heavy atom. The Balaban J connectivity index is 0.000000148. The number of nitrogens with zero attached hydrogens (tertiary/aromatic N) is 13. The van der Waals surface area contributed by atoms with Gasteiger partial charge in [0, 0.05) is 141 Å². The van der Waals surface area contributed by atoms with E-state index in [1.165, 1.54) is 76.2 Å². The fourth-order valence-electron chi connectivity index (χ4n) is 14.3. The summed E-state index contributed by atoms with van der Waals surface area (Å²) in [4.78, 5) is 39.6. The molecule has 648 valence electrons. The lowest BCUT2D eigenvalue weighted by Crippen LogP contribution is -2.15. The fraction of sp³-hybridized carbons (Fsp3) is 0.319. The summed E-state index contributed by atoms with van der Waals surface area (Å²) < 4.78 is 0. The molecule has 0 spiro atoms. The quantitative estimate of drug-likeness (QED) is 0.141. The van der Waals surface area contributed by atoms with Gasteiger partial charge in [-0.15, -0.1) is 0 Å². The van der Waals surface area contributed by atoms with Gasteiger partial charge in [-0.1, -0.05) is 381 Å². The van der Waals surface area contributed by atoms with Gasteiger partial charge in [-0.25, -0.2) is 19.9 Å². The molecule has 13 nitrogen and oxygen atoms in total. The molecule has 126 heavy (non-hydrogen) atoms. The molecule has 0 unspecified atom stereocenters. The average Bonchev–Trinajstić information content (AvgIpc) is 0.809. The molecule has 0 amide bonds. The molecule has 13 heteroatoms. The Bertz CT molecular complexity index is 5670. The van der Waals surface area contributed by atoms with E-state index in [0.717, 1.165) is 72.2 Å². The number of rotatable bonds is 0. The van der Waals surface area contributed by atoms with Crippen LogP contribution in [0.2, 0.25) is 0 Å². The molecule has 18 aromatic rings. The van der Waals surface area contributed by atoms with Crippen LogP contribution in [0.25, 0.3) is 97.5 Å². The van der Waals surface area contributed by atoms with Gasteiger partial charge in [0.25, 0.3) is 0 Å². The normalized spacial score (nSPS) is 11.9. The van der Waals surface area contributed by atoms with Gasteiger partial charge in [0.1, 0.15) is 12.2 Å². The van der Waals surface area contributed by atoms with Gasteiger partial charge in [0.2, 0.25) is 0 Å². The smallest absolute Gasteiger partial charge is 0.134 e. The third-order valence-corrected chi connectivity index (χ3v) is 21.1. The second-order valence-corrected chi connectivity index (χ2v) is 41.3. The molecule has 9 aromatic carbocycles. The summed E-state index contributed by atoms with van der Waals surface area (Å²) in [6, 6.07) is 82.9. The summed E-state index contributed by atoms with van der Waals surface area (Å²) >= 11 is 0. The van der Waals surface area contributed by atoms with Gasteiger partial charge >= 0.3 is 0 Å². The highest BCUT2D eigenvalue weighted by Gasteiger charge is 2.25. The molecule has 0 N–H and O–H groups in total. The van der Waals surface area contributed by atoms with Crippen LogP contribution in [-0.4, -0.2) is 65.3 Å². The predicted molar refractivity (Wildman–Crippen MR) is 535 cm³/mol. The van der Waals surface area contributed by atoms with E-state index >= 15 is 0 Å². The van der Waals surface area contributed by atoms with Crippen molar-refractivity contribution in [3.63, 3.8) is 0 Å². The van der Waals surface area contributed by atoms with Gasteiger partial charge < -0.3 is 0 Å². The third-order valence-electron chi connectivity index (χ3n) is 21.1. The molecule has 0 aliphatic heterocycles. The summed E-state index contributed by atoms with van der Waals surface area (Å²) in [6.45, 7) is 58.9. The molecule has 9 aromatic heterocycles. The molecule has 0 radical (unpaired) electrons. The standard InChI is InChI=1S/5C13H15N.4C12H14N2/c1-13(2,3)11-8-10-6-4-5-7-12(10)14-9-11;1-13(2,3)12-9-14-8-10-6-4-5-7-11(10)12;1-13(2,3)12-8-10-6-4-5-7-11(10)9-14-12;1-13(2,3)11-8-9-14-12-7-5-4-6-10(11)12;1-13(2,3)12-11-7-5-4-6-10(11)8-9-14-12;1-12(2,3)11-9-6-4-5-7-10(9)13-8-14-11;1-12(2,3)11-13-8-9-6-4-5-7-10(9)14-11;2*1-12(2,3)11-10-7-5-4-6-9(10)8-13-14-11/h5*4-9H,1-3H3;4*4-8H,1-3H3. The van der Waals surface area contributed by atoms with Crippen molar-refractivity contribution < 1.29 is 0 Å². The zero-order chi connectivity index (χ0) is 91.6. The number of benzene rings is 9. The molecule has 0 saturated carbocycles. The fourth-order valence-corrected chi connectivity index (χ4v) is 14.3. The van der Waals surface area contributed by atoms with E-state index in [1.54, 1.807) is 6.33 Å². The average molecular weight is 1670 g/mol. The second-order valence-electron chi connectivity index (χ2n) is 41.3. The molecule has 18 rings (SSSR count). The third kappa shape index (κ3) is 26.3. The summed E-state index contributed by atoms with van der Waals surface area (Å²) in [6.07, 6.45) is 18.8. The van der Waals surface area contributed by atoms with E-state index in [4.69, 9.17) is 0 Å². The zero-order valence-corrected chi connectivity index (χ0v) is 79.7. The van der Waals surface area contributed by atoms with Gasteiger partial charge in [-0.05, 0) is 97.6 Å². The van der Waals surface area contributed by atoms with Crippen LogP contribution in [-0.2, 0) is 48.7 Å². The topological polar surface area (TPSA) is 168 Å². The van der Waals surface area contributed by atoms with Gasteiger partial charge in [0.15, 0.2) is 0 Å². The largest absolute Gasteiger partial charge is 0.264 e. The van der Waals surface area contributed by atoms with Crippen molar-refractivity contribution in [1.82, 2.24) is 65.3 Å². The van der Waals surface area contributed by atoms with Crippen molar-refractivity contribution in [2.75, 3.05) is 0 Å². The van der Waals surface area contributed by atoms with E-state index in [1.807, 2.05) is 147 Å². The minimum Gasteiger partial charge on any atom is -0.264 e. The summed E-state index contributed by atoms with van der Waals surface area (Å²) in [5.74, 6) is 0.899. The van der Waals surface area contributed by atoms with Crippen LogP contribution in [0.3, 0.4) is 0 Å². The minimum atomic E-state index is 0.0179. The van der Waals surface area contributed by atoms with Crippen LogP contribution in [0.4, 0.5) is 0 Å². The monoisotopic (exact) mass is 1670 g/mol. The number of aromatic nitrogens is 13. The van der Waals surface area contributed by atoms with Crippen LogP contribution in [0.15, 0.2) is 305 Å². The molecule has 0 fully saturated rings. The van der Waals surface area contributed by atoms with Gasteiger partial charge in [-0.2, -0.15) is 20.4 Å². The maximum absolute atomic E-state index is 4.54. The van der Waals surface area contributed by atoms with Crippen LogP contribution in [0, 0.1) is 0 Å². The van der Waals surface area contributed by atoms with Crippen molar-refractivity contribution >= 4 is 97.5 Å². The van der Waals surface area contributed by atoms with E-state index in [-0.39, 0.29) is 48.7 Å². The number of para-hydroxylation sites is 4. The molecular weight excluding hydrogens is 1540 g/mol. The second kappa shape index (κ2) is 40.6. The number of hydrogen-bond donors (Lipinski definition) is 0. The highest BCUT2D eigenvalue weighted by molar-refractivity contribution is 5.89. The Hall–Kier alpha value is -12.6. The van der Waals surface area contributed by atoms with Gasteiger partial charge in [-0.3, -0.25) is 24.9 Å². The number of pyridine rings is 5. The first kappa shape index (κ1) is 95.6. The minimum absolute atomic E-state index is 0.0179. The van der Waals surface area contributed by atoms with E-state index < -0.39 is 0 Å². The molecule has 0 aliphatic carbocycles. The van der Waals surface area contributed by atoms with Crippen molar-refractivity contribution in [2.24, 2.45) is 0 Å². The van der Waals surface area contributed by atoms with E-state index in [9.17, 15) is 0 Å². The SMILES string of the molecule is CC(C)(C)c1cc2ccccc2cn1.CC(C)(C)c1ccnc2ccccc12.CC(C)(C)c1cnc2ccccc2c1.CC(C)(C)c1cncc2ccccc12.CC(C)(C)c1ncc2ccccc2n1.CC(C)(C)c1nccc2ccccc12.CC(C)(C)c1ncnc2ccccc12.CC(C)(C)c1nncc2ccccc12.CC(C)(C)c1nncc2ccccc12. The Morgan fingerprint density at radius 3 is 1.12 bits per heavy atom. The molecule has 0 aliphatic rings. The van der Waals surface area contributed by atoms with Crippen molar-refractivity contribution in [3.8, 4) is 0 Å². The molecule has 9 heterocycles. The van der Waals surface area contributed by atoms with E-state index in [0.29, 0.717) is 0 Å². The molecule has 0 atom stereocenters. The Morgan fingerprint density at radius 1 is 0.206 bits per heavy atom. The van der Waals surface area contributed by atoms with Crippen molar-refractivity contribution in [1.29, 1.82) is 0 Å². The maximum Gasteiger partial charge on any atom is 0.134 e. The highest BCUT2D eigenvalue weighted by atomic mass is 15.1. The first-order valence-corrected chi connectivity index (χ1v) is 43.8. The van der Waals surface area contributed by atoms with Crippen LogP contribution in [0.5, 0.6) is 0 Å². The van der Waals surface area contributed by atoms with Crippen molar-refractivity contribution in [3.05, 3.63) is 356 Å². The Labute approximate surface area is 749 Å². The van der Waals surface area contributed by atoms with Crippen LogP contribution in [0.1, 0.15) is 238 Å². The lowest BCUT2D eigenvalue weighted by Gasteiger charge is -2.20. The summed E-state index contributed by atoms with van der Waals surface area (Å²) in [5, 5.41) is 33.5. The summed E-state index contributed by atoms with van der Waals surface area (Å²) in [7, 11) is 0. The lowest BCUT2D eigenvalue weighted by atomic mass is 9.85. The molecule has 0 bridgehead atoms. The molecule has 0 saturated heterocycles. The highest BCUT2D eigenvalue weighted by Crippen LogP contribution is 2.35. The first-order chi connectivity index (χ1) is 59.2. The van der Waals surface area contributed by atoms with Crippen LogP contribution >= 0.6 is 0 Å².